The summed E-state index contributed by atoms with van der Waals surface area (Å²) in [5.74, 6) is 0. The van der Waals surface area contributed by atoms with Gasteiger partial charge < -0.3 is 9.79 Å². The fraction of sp³-hybridized carbons (Fsp3) is 0.533. The Morgan fingerprint density at radius 3 is 1.45 bits per heavy atom. The second kappa shape index (κ2) is 6.24. The molecule has 0 bridgehead atoms. The number of rotatable bonds is 1. The molecule has 2 N–H and O–H groups in total. The van der Waals surface area contributed by atoms with E-state index in [2.05, 4.69) is 6.92 Å². The Kier molecular flexibility index (Phi) is 6.35. The van der Waals surface area contributed by atoms with Crippen LogP contribution in [0.2, 0.25) is 0 Å². The molecule has 0 spiro atoms. The molecule has 0 atom stereocenters. The zero-order valence-corrected chi connectivity index (χ0v) is 13.5. The fourth-order valence-corrected chi connectivity index (χ4v) is 3.58. The van der Waals surface area contributed by atoms with E-state index in [-0.39, 0.29) is 45.7 Å². The predicted octanol–water partition coefficient (Wildman–Crippen LogP) is 2.62. The van der Waals surface area contributed by atoms with Gasteiger partial charge in [0.25, 0.3) is 0 Å². The van der Waals surface area contributed by atoms with Crippen molar-refractivity contribution in [3.63, 3.8) is 0 Å². The van der Waals surface area contributed by atoms with Crippen molar-refractivity contribution in [1.82, 2.24) is 0 Å². The van der Waals surface area contributed by atoms with Crippen LogP contribution in [0.3, 0.4) is 0 Å². The van der Waals surface area contributed by atoms with E-state index in [1.807, 2.05) is 41.5 Å². The van der Waals surface area contributed by atoms with Crippen LogP contribution >= 0.6 is 7.60 Å². The molecule has 0 aromatic heterocycles. The molecule has 0 saturated carbocycles. The molecule has 0 heterocycles. The molecular weight excluding hydrogens is 282 g/mol. The predicted molar refractivity (Wildman–Crippen MR) is 87.1 cm³/mol. The minimum atomic E-state index is -4.33. The Balaban J connectivity index is 0.00000361. The third kappa shape index (κ3) is 4.69. The normalized spacial score (nSPS) is 13.1. The summed E-state index contributed by atoms with van der Waals surface area (Å²) < 4.78 is 12.0. The number of hydrogen-bond acceptors (Lipinski definition) is 1. The van der Waals surface area contributed by atoms with Gasteiger partial charge in [-0.05, 0) is 34.4 Å². The first kappa shape index (κ1) is 20.4. The third-order valence-electron chi connectivity index (χ3n) is 3.08. The fourth-order valence-electron chi connectivity index (χ4n) is 2.15. The molecule has 3 nitrogen and oxygen atoms in total. The summed E-state index contributed by atoms with van der Waals surface area (Å²) in [7, 11) is -4.33. The zero-order chi connectivity index (χ0) is 15.2. The molecule has 1 rings (SSSR count). The van der Waals surface area contributed by atoms with E-state index >= 15 is 0 Å². The average molecular weight is 307 g/mol. The first-order chi connectivity index (χ1) is 8.24. The quantitative estimate of drug-likeness (QED) is 0.619. The van der Waals surface area contributed by atoms with Crippen LogP contribution in [0.1, 0.15) is 58.2 Å². The van der Waals surface area contributed by atoms with Gasteiger partial charge in [-0.3, -0.25) is 4.57 Å². The van der Waals surface area contributed by atoms with Crippen LogP contribution in [0, 0.1) is 6.92 Å². The Morgan fingerprint density at radius 1 is 0.950 bits per heavy atom. The molecule has 1 aromatic carbocycles. The maximum atomic E-state index is 12.0. The first-order valence-corrected chi connectivity index (χ1v) is 7.93. The SMILES string of the molecule is [CH2]c1cc(C(C)(C)C)c(P(=O)(O)O)c(C(C)(C)C)c1.[NaH]. The monoisotopic (exact) mass is 307 g/mol. The van der Waals surface area contributed by atoms with E-state index in [9.17, 15) is 14.4 Å². The van der Waals surface area contributed by atoms with Gasteiger partial charge in [-0.15, -0.1) is 0 Å². The van der Waals surface area contributed by atoms with Gasteiger partial charge >= 0.3 is 37.2 Å². The zero-order valence-electron chi connectivity index (χ0n) is 12.6. The van der Waals surface area contributed by atoms with Crippen molar-refractivity contribution >= 4 is 42.5 Å². The van der Waals surface area contributed by atoms with Crippen molar-refractivity contribution in [2.75, 3.05) is 0 Å². The summed E-state index contributed by atoms with van der Waals surface area (Å²) in [6, 6.07) is 3.56. The van der Waals surface area contributed by atoms with E-state index in [1.165, 1.54) is 0 Å². The molecular formula is C15H25NaO3P. The molecule has 0 amide bonds. The van der Waals surface area contributed by atoms with E-state index in [4.69, 9.17) is 0 Å². The summed E-state index contributed by atoms with van der Waals surface area (Å²) in [6.07, 6.45) is 0. The third-order valence-corrected chi connectivity index (χ3v) is 4.14. The van der Waals surface area contributed by atoms with Crippen molar-refractivity contribution in [3.8, 4) is 0 Å². The van der Waals surface area contributed by atoms with Gasteiger partial charge in [0, 0.05) is 0 Å². The van der Waals surface area contributed by atoms with Gasteiger partial charge in [0.05, 0.1) is 5.30 Å². The molecule has 0 aliphatic carbocycles. The van der Waals surface area contributed by atoms with Crippen molar-refractivity contribution in [1.29, 1.82) is 0 Å². The Hall–Kier alpha value is 0.370. The average Bonchev–Trinajstić information content (AvgIpc) is 2.11. The maximum absolute atomic E-state index is 12.0. The molecule has 109 valence electrons. The topological polar surface area (TPSA) is 57.5 Å². The molecule has 20 heavy (non-hydrogen) atoms. The van der Waals surface area contributed by atoms with E-state index in [1.54, 1.807) is 12.1 Å². The number of benzene rings is 1. The molecule has 1 radical (unpaired) electrons. The van der Waals surface area contributed by atoms with Gasteiger partial charge in [-0.2, -0.15) is 0 Å². The van der Waals surface area contributed by atoms with Crippen LogP contribution in [0.4, 0.5) is 0 Å². The summed E-state index contributed by atoms with van der Waals surface area (Å²) in [4.78, 5) is 19.5. The van der Waals surface area contributed by atoms with E-state index in [0.29, 0.717) is 11.1 Å². The molecule has 0 unspecified atom stereocenters. The van der Waals surface area contributed by atoms with Gasteiger partial charge in [-0.1, -0.05) is 53.7 Å². The Morgan fingerprint density at radius 2 is 1.25 bits per heavy atom. The molecule has 0 saturated heterocycles. The van der Waals surface area contributed by atoms with Crippen molar-refractivity contribution in [3.05, 3.63) is 35.7 Å². The van der Waals surface area contributed by atoms with Crippen LogP contribution in [0.5, 0.6) is 0 Å². The molecule has 1 aromatic rings. The summed E-state index contributed by atoms with van der Waals surface area (Å²) in [5, 5.41) is 0.167. The summed E-state index contributed by atoms with van der Waals surface area (Å²) >= 11 is 0. The van der Waals surface area contributed by atoms with Gasteiger partial charge in [0.2, 0.25) is 0 Å². The molecule has 0 fully saturated rings. The van der Waals surface area contributed by atoms with Crippen LogP contribution in [-0.2, 0) is 15.4 Å². The molecule has 5 heteroatoms. The Bertz CT molecular complexity index is 498. The summed E-state index contributed by atoms with van der Waals surface area (Å²) in [6.45, 7) is 15.6. The minimum absolute atomic E-state index is 0. The van der Waals surface area contributed by atoms with Gasteiger partial charge in [-0.25, -0.2) is 0 Å². The second-order valence-electron chi connectivity index (χ2n) is 7.08. The molecule has 0 aliphatic heterocycles. The van der Waals surface area contributed by atoms with Crippen molar-refractivity contribution in [2.45, 2.75) is 52.4 Å². The second-order valence-corrected chi connectivity index (χ2v) is 8.62. The Labute approximate surface area is 144 Å². The first-order valence-electron chi connectivity index (χ1n) is 6.31. The van der Waals surface area contributed by atoms with Crippen LogP contribution in [0.25, 0.3) is 0 Å². The van der Waals surface area contributed by atoms with Crippen LogP contribution in [0.15, 0.2) is 12.1 Å². The van der Waals surface area contributed by atoms with Gasteiger partial charge in [0.1, 0.15) is 0 Å². The van der Waals surface area contributed by atoms with Gasteiger partial charge in [0.15, 0.2) is 0 Å². The van der Waals surface area contributed by atoms with Crippen molar-refractivity contribution in [2.24, 2.45) is 0 Å². The van der Waals surface area contributed by atoms with Crippen molar-refractivity contribution < 1.29 is 14.4 Å². The van der Waals surface area contributed by atoms with Crippen LogP contribution in [-0.4, -0.2) is 39.3 Å². The molecule has 0 aliphatic rings. The van der Waals surface area contributed by atoms with E-state index in [0.717, 1.165) is 5.56 Å². The summed E-state index contributed by atoms with van der Waals surface area (Å²) in [5.41, 5.74) is 1.46. The number of hydrogen-bond donors (Lipinski definition) is 2. The van der Waals surface area contributed by atoms with Crippen LogP contribution < -0.4 is 5.30 Å². The standard InChI is InChI=1S/C15H24O3P.Na.H/c1-10-8-11(14(2,3)4)13(19(16,17)18)12(9-10)15(5,6)7;;/h8-9H,1H2,2-7H3,(H2,16,17,18);;. The van der Waals surface area contributed by atoms with E-state index < -0.39 is 7.60 Å².